The lowest BCUT2D eigenvalue weighted by atomic mass is 9.62. The normalized spacial score (nSPS) is 15.2. The van der Waals surface area contributed by atoms with Crippen molar-refractivity contribution in [2.24, 2.45) is 0 Å². The molecule has 0 saturated heterocycles. The van der Waals surface area contributed by atoms with Crippen LogP contribution < -0.4 is 0 Å². The molecule has 0 amide bonds. The van der Waals surface area contributed by atoms with Gasteiger partial charge in [-0.25, -0.2) is 4.98 Å². The molecule has 2 aliphatic rings. The van der Waals surface area contributed by atoms with E-state index in [0.717, 1.165) is 32.9 Å². The zero-order valence-corrected chi connectivity index (χ0v) is 31.9. The van der Waals surface area contributed by atoms with Crippen LogP contribution in [0.3, 0.4) is 0 Å². The van der Waals surface area contributed by atoms with Crippen molar-refractivity contribution in [1.82, 2.24) is 24.1 Å². The van der Waals surface area contributed by atoms with E-state index in [9.17, 15) is 0 Å². The minimum absolute atomic E-state index is 0.586. The van der Waals surface area contributed by atoms with Crippen LogP contribution in [0.2, 0.25) is 0 Å². The molecule has 1 atom stereocenters. The second-order valence-electron chi connectivity index (χ2n) is 15.2. The number of benzene rings is 8. The zero-order chi connectivity index (χ0) is 38.0. The molecule has 0 radical (unpaired) electrons. The van der Waals surface area contributed by atoms with Crippen molar-refractivity contribution in [2.75, 3.05) is 0 Å². The predicted molar refractivity (Wildman–Crippen MR) is 235 cm³/mol. The first kappa shape index (κ1) is 31.9. The molecule has 5 heterocycles. The molecule has 270 valence electrons. The Bertz CT molecular complexity index is 3440. The summed E-state index contributed by atoms with van der Waals surface area (Å²) in [6.45, 7) is 0. The zero-order valence-electron chi connectivity index (χ0n) is 31.0. The van der Waals surface area contributed by atoms with Crippen molar-refractivity contribution >= 4 is 55.4 Å². The van der Waals surface area contributed by atoms with Gasteiger partial charge in [0.15, 0.2) is 11.6 Å². The lowest BCUT2D eigenvalue weighted by molar-refractivity contribution is 0.690. The topological polar surface area (TPSA) is 48.5 Å². The third kappa shape index (κ3) is 4.19. The molecule has 58 heavy (non-hydrogen) atoms. The molecule has 3 aromatic heterocycles. The van der Waals surface area contributed by atoms with Gasteiger partial charge >= 0.3 is 0 Å². The summed E-state index contributed by atoms with van der Waals surface area (Å²) in [5, 5.41) is 4.85. The van der Waals surface area contributed by atoms with E-state index in [2.05, 4.69) is 161 Å². The highest BCUT2D eigenvalue weighted by Crippen LogP contribution is 2.61. The van der Waals surface area contributed by atoms with E-state index >= 15 is 0 Å². The molecule has 13 rings (SSSR count). The second-order valence-corrected chi connectivity index (χ2v) is 16.2. The number of nitrogens with zero attached hydrogens (tertiary/aromatic N) is 5. The fraction of sp³-hybridized carbons (Fsp3) is 0.0192. The first-order valence-corrected chi connectivity index (χ1v) is 20.4. The number of aromatic nitrogens is 5. The van der Waals surface area contributed by atoms with Gasteiger partial charge in [0.2, 0.25) is 5.95 Å². The molecule has 1 spiro atoms. The van der Waals surface area contributed by atoms with Crippen LogP contribution in [0.1, 0.15) is 22.3 Å². The van der Waals surface area contributed by atoms with Gasteiger partial charge in [-0.15, -0.1) is 0 Å². The van der Waals surface area contributed by atoms with Gasteiger partial charge in [0.25, 0.3) is 0 Å². The van der Waals surface area contributed by atoms with Crippen LogP contribution >= 0.6 is 11.8 Å². The van der Waals surface area contributed by atoms with Crippen LogP contribution in [0.25, 0.3) is 78.0 Å². The number of rotatable bonds is 3. The van der Waals surface area contributed by atoms with Gasteiger partial charge in [-0.05, 0) is 58.7 Å². The largest absolute Gasteiger partial charge is 0.309 e. The molecule has 5 nitrogen and oxygen atoms in total. The average Bonchev–Trinajstić information content (AvgIpc) is 3.81. The maximum absolute atomic E-state index is 5.28. The van der Waals surface area contributed by atoms with Crippen LogP contribution in [0.15, 0.2) is 198 Å². The number of hydrogen-bond donors (Lipinski definition) is 0. The quantitative estimate of drug-likeness (QED) is 0.180. The second kappa shape index (κ2) is 11.9. The summed E-state index contributed by atoms with van der Waals surface area (Å²) in [5.41, 5.74) is 12.2. The Kier molecular flexibility index (Phi) is 6.52. The number of para-hydroxylation sites is 4. The van der Waals surface area contributed by atoms with Crippen molar-refractivity contribution in [3.05, 3.63) is 210 Å². The monoisotopic (exact) mass is 757 g/mol. The summed E-state index contributed by atoms with van der Waals surface area (Å²) in [6, 6.07) is 67.8. The molecule has 0 aliphatic carbocycles. The summed E-state index contributed by atoms with van der Waals surface area (Å²) < 4.78 is 4.76. The molecule has 0 N–H and O–H groups in total. The summed E-state index contributed by atoms with van der Waals surface area (Å²) in [4.78, 5) is 18.1. The molecule has 2 aliphatic heterocycles. The Hall–Kier alpha value is -7.28. The van der Waals surface area contributed by atoms with Gasteiger partial charge in [0, 0.05) is 42.5 Å². The molecule has 0 fully saturated rings. The Balaban J connectivity index is 1.18. The minimum Gasteiger partial charge on any atom is -0.309 e. The Labute approximate surface area is 337 Å². The van der Waals surface area contributed by atoms with Gasteiger partial charge in [0.05, 0.1) is 33.2 Å². The maximum Gasteiger partial charge on any atom is 0.238 e. The van der Waals surface area contributed by atoms with Crippen LogP contribution in [-0.2, 0) is 5.41 Å². The Morgan fingerprint density at radius 2 is 0.948 bits per heavy atom. The molecule has 11 aromatic rings. The van der Waals surface area contributed by atoms with E-state index in [1.54, 1.807) is 0 Å². The molecule has 6 heteroatoms. The first-order valence-electron chi connectivity index (χ1n) is 19.6. The van der Waals surface area contributed by atoms with Crippen LogP contribution in [0, 0.1) is 0 Å². The van der Waals surface area contributed by atoms with Gasteiger partial charge in [-0.1, -0.05) is 163 Å². The fourth-order valence-electron chi connectivity index (χ4n) is 9.90. The van der Waals surface area contributed by atoms with Crippen molar-refractivity contribution in [2.45, 2.75) is 15.2 Å². The van der Waals surface area contributed by atoms with Gasteiger partial charge in [-0.2, -0.15) is 9.97 Å². The molecule has 0 saturated carbocycles. The third-order valence-corrected chi connectivity index (χ3v) is 13.4. The summed E-state index contributed by atoms with van der Waals surface area (Å²) in [5.74, 6) is 1.85. The number of fused-ring (bicyclic) bond motifs is 14. The molecular weight excluding hydrogens is 727 g/mol. The Morgan fingerprint density at radius 3 is 1.69 bits per heavy atom. The van der Waals surface area contributed by atoms with E-state index < -0.39 is 5.41 Å². The molecular formula is C52H31N5S. The van der Waals surface area contributed by atoms with E-state index in [4.69, 9.17) is 15.0 Å². The summed E-state index contributed by atoms with van der Waals surface area (Å²) >= 11 is 1.87. The van der Waals surface area contributed by atoms with Crippen molar-refractivity contribution < 1.29 is 0 Å². The molecule has 1 unspecified atom stereocenters. The summed E-state index contributed by atoms with van der Waals surface area (Å²) in [7, 11) is 0. The Morgan fingerprint density at radius 1 is 0.379 bits per heavy atom. The lowest BCUT2D eigenvalue weighted by Gasteiger charge is -2.45. The standard InChI is InChI=1S/C52H31N5S/c1-3-16-32(17-4-1)49-53-50(33-18-5-2-6-19-33)55-51(54-49)57-43-27-12-8-21-35(43)37-30-47-41(31-45(37)57)52(39-24-10-14-29-46(39)58-47)38-23-9-13-28-44(38)56-42-26-11-7-20-34(42)36-22-15-25-40(52)48(36)56/h1-31H. The minimum atomic E-state index is -0.614. The van der Waals surface area contributed by atoms with Gasteiger partial charge < -0.3 is 4.57 Å². The van der Waals surface area contributed by atoms with Crippen molar-refractivity contribution in [3.8, 4) is 34.4 Å². The van der Waals surface area contributed by atoms with Crippen LogP contribution in [0.5, 0.6) is 0 Å². The van der Waals surface area contributed by atoms with Crippen LogP contribution in [0.4, 0.5) is 0 Å². The average molecular weight is 758 g/mol. The highest BCUT2D eigenvalue weighted by Gasteiger charge is 2.49. The van der Waals surface area contributed by atoms with E-state index in [0.29, 0.717) is 17.6 Å². The lowest BCUT2D eigenvalue weighted by Crippen LogP contribution is -2.37. The highest BCUT2D eigenvalue weighted by atomic mass is 32.2. The first-order chi connectivity index (χ1) is 28.8. The predicted octanol–water partition coefficient (Wildman–Crippen LogP) is 12.6. The fourth-order valence-corrected chi connectivity index (χ4v) is 11.1. The van der Waals surface area contributed by atoms with Gasteiger partial charge in [0.1, 0.15) is 0 Å². The van der Waals surface area contributed by atoms with E-state index in [1.165, 1.54) is 59.5 Å². The third-order valence-electron chi connectivity index (χ3n) is 12.2. The maximum atomic E-state index is 5.28. The van der Waals surface area contributed by atoms with Gasteiger partial charge in [-0.3, -0.25) is 4.57 Å². The SMILES string of the molecule is c1ccc(-c2nc(-c3ccccc3)nc(-n3c4ccccc4c4cc5c(cc43)C3(c4ccccc4S5)c4ccccc4-n4c5ccccc5c5cccc3c54)n2)cc1. The summed E-state index contributed by atoms with van der Waals surface area (Å²) in [6.07, 6.45) is 0. The van der Waals surface area contributed by atoms with E-state index in [-0.39, 0.29) is 0 Å². The number of hydrogen-bond acceptors (Lipinski definition) is 4. The van der Waals surface area contributed by atoms with Crippen molar-refractivity contribution in [3.63, 3.8) is 0 Å². The molecule has 8 aromatic carbocycles. The van der Waals surface area contributed by atoms with Crippen molar-refractivity contribution in [1.29, 1.82) is 0 Å². The highest BCUT2D eigenvalue weighted by molar-refractivity contribution is 7.99. The smallest absolute Gasteiger partial charge is 0.238 e. The van der Waals surface area contributed by atoms with Crippen LogP contribution in [-0.4, -0.2) is 24.1 Å². The molecule has 0 bridgehead atoms. The van der Waals surface area contributed by atoms with E-state index in [1.807, 2.05) is 48.2 Å².